The first-order valence-electron chi connectivity index (χ1n) is 5.18. The van der Waals surface area contributed by atoms with Crippen molar-refractivity contribution < 1.29 is 0 Å². The van der Waals surface area contributed by atoms with E-state index < -0.39 is 0 Å². The number of fused-ring (bicyclic) bond motifs is 1. The first-order valence-corrected chi connectivity index (χ1v) is 5.97. The number of aryl methyl sites for hydroxylation is 1. The number of nitrogens with zero attached hydrogens (tertiary/aromatic N) is 4. The lowest BCUT2D eigenvalue weighted by Gasteiger charge is -2.01. The van der Waals surface area contributed by atoms with Gasteiger partial charge in [0.2, 0.25) is 0 Å². The number of hydrogen-bond acceptors (Lipinski definition) is 3. The smallest absolute Gasteiger partial charge is 0.155 e. The van der Waals surface area contributed by atoms with Gasteiger partial charge in [-0.2, -0.15) is 5.10 Å². The summed E-state index contributed by atoms with van der Waals surface area (Å²) in [6, 6.07) is 7.79. The summed E-state index contributed by atoms with van der Waals surface area (Å²) in [6.07, 6.45) is 3.52. The Morgan fingerprint density at radius 3 is 2.65 bits per heavy atom. The maximum absolute atomic E-state index is 4.55. The largest absolute Gasteiger partial charge is 0.265 e. The third-order valence-electron chi connectivity index (χ3n) is 2.56. The monoisotopic (exact) mass is 288 g/mol. The van der Waals surface area contributed by atoms with Crippen molar-refractivity contribution >= 4 is 21.6 Å². The van der Waals surface area contributed by atoms with Crippen molar-refractivity contribution in [2.24, 2.45) is 0 Å². The number of aromatic nitrogens is 4. The lowest BCUT2D eigenvalue weighted by atomic mass is 10.2. The zero-order chi connectivity index (χ0) is 11.8. The summed E-state index contributed by atoms with van der Waals surface area (Å²) < 4.78 is 2.69. The van der Waals surface area contributed by atoms with Gasteiger partial charge in [0.1, 0.15) is 4.60 Å². The number of pyridine rings is 1. The van der Waals surface area contributed by atoms with Gasteiger partial charge >= 0.3 is 0 Å². The Morgan fingerprint density at radius 1 is 1.12 bits per heavy atom. The molecule has 0 N–H and O–H groups in total. The van der Waals surface area contributed by atoms with E-state index >= 15 is 0 Å². The highest BCUT2D eigenvalue weighted by Crippen LogP contribution is 2.20. The number of rotatable bonds is 1. The van der Waals surface area contributed by atoms with Gasteiger partial charge in [-0.05, 0) is 47.1 Å². The van der Waals surface area contributed by atoms with Gasteiger partial charge in [0, 0.05) is 18.0 Å². The Morgan fingerprint density at radius 2 is 1.88 bits per heavy atom. The molecule has 3 rings (SSSR count). The normalized spacial score (nSPS) is 10.9. The predicted octanol–water partition coefficient (Wildman–Crippen LogP) is 2.86. The Labute approximate surface area is 106 Å². The third-order valence-corrected chi connectivity index (χ3v) is 3.47. The van der Waals surface area contributed by atoms with Crippen LogP contribution >= 0.6 is 15.9 Å². The molecule has 0 unspecified atom stereocenters. The van der Waals surface area contributed by atoms with Crippen LogP contribution in [0.4, 0.5) is 0 Å². The lowest BCUT2D eigenvalue weighted by molar-refractivity contribution is 0.919. The lowest BCUT2D eigenvalue weighted by Crippen LogP contribution is -1.94. The molecular formula is C12H9BrN4. The molecule has 0 bridgehead atoms. The zero-order valence-electron chi connectivity index (χ0n) is 9.13. The Kier molecular flexibility index (Phi) is 2.40. The molecule has 4 nitrogen and oxygen atoms in total. The molecule has 3 heterocycles. The zero-order valence-corrected chi connectivity index (χ0v) is 10.7. The van der Waals surface area contributed by atoms with E-state index in [4.69, 9.17) is 0 Å². The molecule has 0 aliphatic heterocycles. The van der Waals surface area contributed by atoms with Crippen LogP contribution in [0.1, 0.15) is 5.69 Å². The molecule has 0 saturated heterocycles. The van der Waals surface area contributed by atoms with E-state index in [1.807, 2.05) is 31.2 Å². The van der Waals surface area contributed by atoms with Gasteiger partial charge in [-0.25, -0.2) is 9.50 Å². The molecule has 0 atom stereocenters. The highest BCUT2D eigenvalue weighted by Gasteiger charge is 2.08. The molecule has 0 aliphatic rings. The van der Waals surface area contributed by atoms with Crippen molar-refractivity contribution in [2.75, 3.05) is 0 Å². The van der Waals surface area contributed by atoms with Gasteiger partial charge in [0.25, 0.3) is 0 Å². The molecule has 0 spiro atoms. The number of hydrogen-bond donors (Lipinski definition) is 0. The highest BCUT2D eigenvalue weighted by molar-refractivity contribution is 9.10. The molecule has 17 heavy (non-hydrogen) atoms. The number of halogens is 1. The number of imidazole rings is 1. The van der Waals surface area contributed by atoms with Crippen LogP contribution in [0.2, 0.25) is 0 Å². The first kappa shape index (κ1) is 10.4. The highest BCUT2D eigenvalue weighted by atomic mass is 79.9. The standard InChI is InChI=1S/C12H9BrN4/c1-8-12(13)17-11(15-8)3-2-10(16-17)9-4-6-14-7-5-9/h2-7H,1H3. The summed E-state index contributed by atoms with van der Waals surface area (Å²) in [7, 11) is 0. The SMILES string of the molecule is Cc1nc2ccc(-c3ccncc3)nn2c1Br. The summed E-state index contributed by atoms with van der Waals surface area (Å²) in [5.74, 6) is 0. The van der Waals surface area contributed by atoms with Crippen LogP contribution in [0.25, 0.3) is 16.9 Å². The Balaban J connectivity index is 2.23. The molecule has 5 heteroatoms. The molecule has 3 aromatic rings. The summed E-state index contributed by atoms with van der Waals surface area (Å²) in [4.78, 5) is 8.39. The third kappa shape index (κ3) is 1.72. The van der Waals surface area contributed by atoms with Crippen molar-refractivity contribution in [1.29, 1.82) is 0 Å². The van der Waals surface area contributed by atoms with E-state index in [9.17, 15) is 0 Å². The minimum Gasteiger partial charge on any atom is -0.265 e. The fraction of sp³-hybridized carbons (Fsp3) is 0.0833. The van der Waals surface area contributed by atoms with Crippen LogP contribution in [-0.4, -0.2) is 19.6 Å². The van der Waals surface area contributed by atoms with Crippen molar-refractivity contribution in [2.45, 2.75) is 6.92 Å². The summed E-state index contributed by atoms with van der Waals surface area (Å²) in [5, 5.41) is 4.55. The minimum atomic E-state index is 0.840. The Hall–Kier alpha value is -1.75. The molecular weight excluding hydrogens is 280 g/mol. The van der Waals surface area contributed by atoms with Gasteiger partial charge in [-0.1, -0.05) is 0 Å². The molecule has 0 radical (unpaired) electrons. The first-order chi connectivity index (χ1) is 8.25. The Bertz CT molecular complexity index is 676. The van der Waals surface area contributed by atoms with Crippen molar-refractivity contribution in [3.63, 3.8) is 0 Å². The van der Waals surface area contributed by atoms with E-state index in [1.54, 1.807) is 16.9 Å². The van der Waals surface area contributed by atoms with Gasteiger partial charge in [0.05, 0.1) is 11.4 Å². The molecule has 0 fully saturated rings. The van der Waals surface area contributed by atoms with E-state index in [0.29, 0.717) is 0 Å². The molecule has 0 saturated carbocycles. The summed E-state index contributed by atoms with van der Waals surface area (Å²) in [5.41, 5.74) is 3.72. The summed E-state index contributed by atoms with van der Waals surface area (Å²) in [6.45, 7) is 1.95. The van der Waals surface area contributed by atoms with Crippen LogP contribution in [0, 0.1) is 6.92 Å². The quantitative estimate of drug-likeness (QED) is 0.692. The molecule has 0 amide bonds. The fourth-order valence-corrected chi connectivity index (χ4v) is 2.04. The van der Waals surface area contributed by atoms with E-state index in [0.717, 1.165) is 27.2 Å². The minimum absolute atomic E-state index is 0.840. The second-order valence-corrected chi connectivity index (χ2v) is 4.46. The second-order valence-electron chi connectivity index (χ2n) is 3.71. The summed E-state index contributed by atoms with van der Waals surface area (Å²) >= 11 is 3.48. The predicted molar refractivity (Wildman–Crippen MR) is 68.7 cm³/mol. The second kappa shape index (κ2) is 3.92. The topological polar surface area (TPSA) is 43.1 Å². The van der Waals surface area contributed by atoms with Crippen LogP contribution in [0.3, 0.4) is 0 Å². The maximum Gasteiger partial charge on any atom is 0.155 e. The van der Waals surface area contributed by atoms with E-state index in [1.165, 1.54) is 0 Å². The van der Waals surface area contributed by atoms with Crippen LogP contribution in [0.15, 0.2) is 41.3 Å². The van der Waals surface area contributed by atoms with Crippen LogP contribution in [0.5, 0.6) is 0 Å². The fourth-order valence-electron chi connectivity index (χ4n) is 1.69. The molecule has 0 aliphatic carbocycles. The van der Waals surface area contributed by atoms with Crippen molar-refractivity contribution in [3.8, 4) is 11.3 Å². The average molecular weight is 289 g/mol. The van der Waals surface area contributed by atoms with Gasteiger partial charge in [-0.3, -0.25) is 4.98 Å². The molecule has 3 aromatic heterocycles. The molecule has 84 valence electrons. The van der Waals surface area contributed by atoms with Gasteiger partial charge in [-0.15, -0.1) is 0 Å². The van der Waals surface area contributed by atoms with Crippen molar-refractivity contribution in [3.05, 3.63) is 47.0 Å². The van der Waals surface area contributed by atoms with Crippen LogP contribution < -0.4 is 0 Å². The average Bonchev–Trinajstić information content (AvgIpc) is 2.66. The van der Waals surface area contributed by atoms with E-state index in [2.05, 4.69) is 31.0 Å². The van der Waals surface area contributed by atoms with Gasteiger partial charge < -0.3 is 0 Å². The van der Waals surface area contributed by atoms with E-state index in [-0.39, 0.29) is 0 Å². The maximum atomic E-state index is 4.55. The van der Waals surface area contributed by atoms with Gasteiger partial charge in [0.15, 0.2) is 5.65 Å². The van der Waals surface area contributed by atoms with Crippen LogP contribution in [-0.2, 0) is 0 Å². The molecule has 0 aromatic carbocycles. The van der Waals surface area contributed by atoms with Crippen molar-refractivity contribution in [1.82, 2.24) is 19.6 Å².